The first-order chi connectivity index (χ1) is 11.2. The van der Waals surface area contributed by atoms with Crippen molar-refractivity contribution in [3.05, 3.63) is 71.6 Å². The van der Waals surface area contributed by atoms with Gasteiger partial charge in [0.05, 0.1) is 0 Å². The highest BCUT2D eigenvalue weighted by Crippen LogP contribution is 2.18. The van der Waals surface area contributed by atoms with Gasteiger partial charge in [0, 0.05) is 28.8 Å². The van der Waals surface area contributed by atoms with Crippen LogP contribution in [0.5, 0.6) is 0 Å². The minimum Gasteiger partial charge on any atom is -0.352 e. The summed E-state index contributed by atoms with van der Waals surface area (Å²) in [6.07, 6.45) is 1.47. The normalized spacial score (nSPS) is 10.5. The summed E-state index contributed by atoms with van der Waals surface area (Å²) in [7, 11) is 0. The molecule has 2 rings (SSSR count). The van der Waals surface area contributed by atoms with Gasteiger partial charge in [0.2, 0.25) is 5.91 Å². The van der Waals surface area contributed by atoms with E-state index in [2.05, 4.69) is 10.6 Å². The van der Waals surface area contributed by atoms with Gasteiger partial charge < -0.3 is 10.6 Å². The van der Waals surface area contributed by atoms with Crippen molar-refractivity contribution >= 4 is 29.3 Å². The molecule has 2 aromatic rings. The van der Waals surface area contributed by atoms with E-state index in [1.807, 2.05) is 37.3 Å². The van der Waals surface area contributed by atoms with Crippen LogP contribution < -0.4 is 10.6 Å². The van der Waals surface area contributed by atoms with Gasteiger partial charge in [-0.1, -0.05) is 36.0 Å². The number of rotatable bonds is 6. The summed E-state index contributed by atoms with van der Waals surface area (Å²) in [5.74, 6) is -0.389. The van der Waals surface area contributed by atoms with Crippen molar-refractivity contribution in [3.8, 4) is 0 Å². The van der Waals surface area contributed by atoms with E-state index in [1.165, 1.54) is 17.8 Å². The van der Waals surface area contributed by atoms with Gasteiger partial charge in [-0.3, -0.25) is 9.59 Å². The summed E-state index contributed by atoms with van der Waals surface area (Å²) in [4.78, 5) is 24.7. The third-order valence-corrected chi connectivity index (χ3v) is 3.71. The van der Waals surface area contributed by atoms with Crippen LogP contribution in [0.15, 0.2) is 71.0 Å². The molecular weight excluding hydrogens is 308 g/mol. The Balaban J connectivity index is 1.92. The third-order valence-electron chi connectivity index (χ3n) is 2.90. The Hall–Kier alpha value is -2.53. The maximum absolute atomic E-state index is 11.9. The Kier molecular flexibility index (Phi) is 6.44. The summed E-state index contributed by atoms with van der Waals surface area (Å²) >= 11 is 1.47. The summed E-state index contributed by atoms with van der Waals surface area (Å²) in [5.41, 5.74) is 1.11. The predicted molar refractivity (Wildman–Crippen MR) is 94.5 cm³/mol. The Morgan fingerprint density at radius 2 is 1.87 bits per heavy atom. The fraction of sp³-hybridized carbons (Fsp3) is 0.111. The van der Waals surface area contributed by atoms with Crippen LogP contribution in [0.2, 0.25) is 0 Å². The van der Waals surface area contributed by atoms with E-state index in [4.69, 9.17) is 0 Å². The monoisotopic (exact) mass is 326 g/mol. The van der Waals surface area contributed by atoms with Crippen LogP contribution in [-0.2, 0) is 4.79 Å². The third kappa shape index (κ3) is 5.64. The van der Waals surface area contributed by atoms with E-state index in [-0.39, 0.29) is 11.8 Å². The minimum atomic E-state index is -0.235. The number of thioether (sulfide) groups is 1. The number of carbonyl (C=O) groups is 2. The summed E-state index contributed by atoms with van der Waals surface area (Å²) in [6.45, 7) is 2.42. The van der Waals surface area contributed by atoms with Gasteiger partial charge in [-0.15, -0.1) is 0 Å². The molecule has 0 spiro atoms. The van der Waals surface area contributed by atoms with E-state index >= 15 is 0 Å². The zero-order chi connectivity index (χ0) is 16.5. The molecule has 2 amide bonds. The molecule has 0 atom stereocenters. The van der Waals surface area contributed by atoms with Crippen molar-refractivity contribution in [2.45, 2.75) is 11.8 Å². The lowest BCUT2D eigenvalue weighted by atomic mass is 10.2. The quantitative estimate of drug-likeness (QED) is 0.629. The van der Waals surface area contributed by atoms with Crippen LogP contribution in [0, 0.1) is 0 Å². The zero-order valence-corrected chi connectivity index (χ0v) is 13.6. The molecular formula is C18H18N2O2S. The molecule has 0 heterocycles. The largest absolute Gasteiger partial charge is 0.352 e. The molecule has 0 unspecified atom stereocenters. The molecule has 5 heteroatoms. The van der Waals surface area contributed by atoms with Crippen LogP contribution in [0.1, 0.15) is 17.3 Å². The molecule has 0 aliphatic heterocycles. The van der Waals surface area contributed by atoms with Gasteiger partial charge in [0.15, 0.2) is 0 Å². The molecule has 0 bridgehead atoms. The number of benzene rings is 2. The molecule has 4 nitrogen and oxygen atoms in total. The van der Waals surface area contributed by atoms with E-state index in [0.717, 1.165) is 4.90 Å². The van der Waals surface area contributed by atoms with Crippen molar-refractivity contribution in [1.29, 1.82) is 0 Å². The Labute approximate surface area is 140 Å². The van der Waals surface area contributed by atoms with Crippen LogP contribution in [0.4, 0.5) is 5.69 Å². The Bertz CT molecular complexity index is 699. The number of anilines is 1. The lowest BCUT2D eigenvalue weighted by Gasteiger charge is -2.06. The van der Waals surface area contributed by atoms with Gasteiger partial charge in [0.1, 0.15) is 0 Å². The lowest BCUT2D eigenvalue weighted by Crippen LogP contribution is -2.22. The van der Waals surface area contributed by atoms with Crippen molar-refractivity contribution in [3.63, 3.8) is 0 Å². The number of nitrogens with one attached hydrogen (secondary N) is 2. The second-order valence-electron chi connectivity index (χ2n) is 4.66. The Morgan fingerprint density at radius 1 is 1.09 bits per heavy atom. The lowest BCUT2D eigenvalue weighted by molar-refractivity contribution is -0.111. The van der Waals surface area contributed by atoms with E-state index < -0.39 is 0 Å². The molecule has 0 saturated heterocycles. The average molecular weight is 326 g/mol. The maximum Gasteiger partial charge on any atom is 0.251 e. The molecule has 0 radical (unpaired) electrons. The van der Waals surface area contributed by atoms with Gasteiger partial charge in [-0.05, 0) is 42.7 Å². The molecule has 2 N–H and O–H groups in total. The van der Waals surface area contributed by atoms with E-state index in [0.29, 0.717) is 17.8 Å². The maximum atomic E-state index is 11.9. The second-order valence-corrected chi connectivity index (χ2v) is 5.64. The topological polar surface area (TPSA) is 58.2 Å². The van der Waals surface area contributed by atoms with Crippen LogP contribution in [-0.4, -0.2) is 18.4 Å². The van der Waals surface area contributed by atoms with Gasteiger partial charge in [0.25, 0.3) is 5.91 Å². The SMILES string of the molecule is CCNC(=O)c1cccc(NC(=O)/C=C/Sc2ccccc2)c1. The first-order valence-corrected chi connectivity index (χ1v) is 8.14. The van der Waals surface area contributed by atoms with Crippen molar-refractivity contribution < 1.29 is 9.59 Å². The first-order valence-electron chi connectivity index (χ1n) is 7.26. The second kappa shape index (κ2) is 8.80. The van der Waals surface area contributed by atoms with Crippen LogP contribution >= 0.6 is 11.8 Å². The minimum absolute atomic E-state index is 0.154. The highest BCUT2D eigenvalue weighted by atomic mass is 32.2. The fourth-order valence-electron chi connectivity index (χ4n) is 1.86. The molecule has 118 valence electrons. The highest BCUT2D eigenvalue weighted by Gasteiger charge is 2.05. The van der Waals surface area contributed by atoms with E-state index in [9.17, 15) is 9.59 Å². The van der Waals surface area contributed by atoms with Crippen LogP contribution in [0.25, 0.3) is 0 Å². The van der Waals surface area contributed by atoms with Gasteiger partial charge in [-0.25, -0.2) is 0 Å². The molecule has 0 aliphatic carbocycles. The first kappa shape index (κ1) is 16.8. The molecule has 0 aromatic heterocycles. The van der Waals surface area contributed by atoms with Crippen LogP contribution in [0.3, 0.4) is 0 Å². The van der Waals surface area contributed by atoms with Crippen molar-refractivity contribution in [1.82, 2.24) is 5.32 Å². The summed E-state index contributed by atoms with van der Waals surface area (Å²) < 4.78 is 0. The Morgan fingerprint density at radius 3 is 2.61 bits per heavy atom. The highest BCUT2D eigenvalue weighted by molar-refractivity contribution is 8.02. The van der Waals surface area contributed by atoms with Crippen molar-refractivity contribution in [2.24, 2.45) is 0 Å². The molecule has 23 heavy (non-hydrogen) atoms. The summed E-state index contributed by atoms with van der Waals surface area (Å²) in [5, 5.41) is 7.21. The van der Waals surface area contributed by atoms with Gasteiger partial charge >= 0.3 is 0 Å². The molecule has 0 fully saturated rings. The summed E-state index contributed by atoms with van der Waals surface area (Å²) in [6, 6.07) is 16.6. The van der Waals surface area contributed by atoms with Crippen molar-refractivity contribution in [2.75, 3.05) is 11.9 Å². The fourth-order valence-corrected chi connectivity index (χ4v) is 2.52. The number of carbonyl (C=O) groups excluding carboxylic acids is 2. The predicted octanol–water partition coefficient (Wildman–Crippen LogP) is 3.68. The number of amides is 2. The standard InChI is InChI=1S/C18H18N2O2S/c1-2-19-18(22)14-7-6-8-15(13-14)20-17(21)11-12-23-16-9-4-3-5-10-16/h3-13H,2H2,1H3,(H,19,22)(H,20,21)/b12-11+. The smallest absolute Gasteiger partial charge is 0.251 e. The molecule has 2 aromatic carbocycles. The zero-order valence-electron chi connectivity index (χ0n) is 12.8. The van der Waals surface area contributed by atoms with E-state index in [1.54, 1.807) is 29.7 Å². The van der Waals surface area contributed by atoms with Gasteiger partial charge in [-0.2, -0.15) is 0 Å². The number of hydrogen-bond donors (Lipinski definition) is 2. The number of hydrogen-bond acceptors (Lipinski definition) is 3. The molecule has 0 saturated carbocycles. The molecule has 0 aliphatic rings. The average Bonchev–Trinajstić information content (AvgIpc) is 2.56.